The Balaban J connectivity index is 2.29. The van der Waals surface area contributed by atoms with Crippen LogP contribution in [0.3, 0.4) is 0 Å². The van der Waals surface area contributed by atoms with Gasteiger partial charge in [0.2, 0.25) is 0 Å². The molecular weight excluding hydrogens is 228 g/mol. The molecule has 1 fully saturated rings. The monoisotopic (exact) mass is 240 g/mol. The molecule has 70 valence electrons. The Morgan fingerprint density at radius 2 is 1.92 bits per heavy atom. The van der Waals surface area contributed by atoms with Gasteiger partial charge in [0, 0.05) is 23.2 Å². The van der Waals surface area contributed by atoms with Gasteiger partial charge in [-0.15, -0.1) is 0 Å². The predicted molar refractivity (Wildman–Crippen MR) is 60.0 cm³/mol. The number of rotatable bonds is 1. The molecule has 0 radical (unpaired) electrons. The molecule has 1 aliphatic rings. The number of benzene rings is 1. The van der Waals surface area contributed by atoms with Gasteiger partial charge in [-0.2, -0.15) is 0 Å². The minimum atomic E-state index is 0.815. The molecule has 1 heterocycles. The molecule has 1 aromatic rings. The number of halogens is 1. The van der Waals surface area contributed by atoms with Crippen molar-refractivity contribution in [1.29, 1.82) is 0 Å². The molecule has 13 heavy (non-hydrogen) atoms. The summed E-state index contributed by atoms with van der Waals surface area (Å²) < 4.78 is 1.11. The fourth-order valence-electron chi connectivity index (χ4n) is 1.74. The van der Waals surface area contributed by atoms with Crippen molar-refractivity contribution in [2.75, 3.05) is 23.7 Å². The lowest BCUT2D eigenvalue weighted by Gasteiger charge is -2.19. The Kier molecular flexibility index (Phi) is 2.44. The van der Waals surface area contributed by atoms with Gasteiger partial charge in [-0.3, -0.25) is 0 Å². The van der Waals surface area contributed by atoms with Gasteiger partial charge in [-0.05, 0) is 47.0 Å². The lowest BCUT2D eigenvalue weighted by molar-refractivity contribution is 0.949. The maximum Gasteiger partial charge on any atom is 0.0512 e. The summed E-state index contributed by atoms with van der Waals surface area (Å²) in [6.45, 7) is 2.34. The number of nitrogens with two attached hydrogens (primary N) is 1. The van der Waals surface area contributed by atoms with Crippen molar-refractivity contribution in [3.8, 4) is 0 Å². The Bertz CT molecular complexity index is 306. The molecule has 0 atom stereocenters. The van der Waals surface area contributed by atoms with Crippen LogP contribution in [0.25, 0.3) is 0 Å². The van der Waals surface area contributed by atoms with Gasteiger partial charge in [-0.25, -0.2) is 0 Å². The SMILES string of the molecule is Nc1ccc(N2CCCC2)c(Br)c1. The van der Waals surface area contributed by atoms with Gasteiger partial charge >= 0.3 is 0 Å². The third-order valence-electron chi connectivity index (χ3n) is 2.42. The summed E-state index contributed by atoms with van der Waals surface area (Å²) in [7, 11) is 0. The molecule has 1 aromatic carbocycles. The smallest absolute Gasteiger partial charge is 0.0512 e. The largest absolute Gasteiger partial charge is 0.399 e. The van der Waals surface area contributed by atoms with Crippen molar-refractivity contribution in [3.05, 3.63) is 22.7 Å². The van der Waals surface area contributed by atoms with Crippen molar-refractivity contribution in [2.24, 2.45) is 0 Å². The van der Waals surface area contributed by atoms with Crippen LogP contribution in [0.2, 0.25) is 0 Å². The summed E-state index contributed by atoms with van der Waals surface area (Å²) in [5.41, 5.74) is 7.76. The van der Waals surface area contributed by atoms with E-state index in [4.69, 9.17) is 5.73 Å². The summed E-state index contributed by atoms with van der Waals surface area (Å²) in [5, 5.41) is 0. The number of hydrogen-bond donors (Lipinski definition) is 1. The van der Waals surface area contributed by atoms with E-state index in [0.29, 0.717) is 0 Å². The van der Waals surface area contributed by atoms with Crippen molar-refractivity contribution in [3.63, 3.8) is 0 Å². The highest BCUT2D eigenvalue weighted by Gasteiger charge is 2.14. The highest BCUT2D eigenvalue weighted by molar-refractivity contribution is 9.10. The maximum absolute atomic E-state index is 5.68. The van der Waals surface area contributed by atoms with E-state index < -0.39 is 0 Å². The van der Waals surface area contributed by atoms with Gasteiger partial charge in [0.25, 0.3) is 0 Å². The lowest BCUT2D eigenvalue weighted by atomic mass is 10.2. The lowest BCUT2D eigenvalue weighted by Crippen LogP contribution is -2.17. The standard InChI is InChI=1S/C10H13BrN2/c11-9-7-8(12)3-4-10(9)13-5-1-2-6-13/h3-4,7H,1-2,5-6,12H2. The van der Waals surface area contributed by atoms with E-state index in [1.807, 2.05) is 12.1 Å². The molecule has 2 nitrogen and oxygen atoms in total. The topological polar surface area (TPSA) is 29.3 Å². The summed E-state index contributed by atoms with van der Waals surface area (Å²) in [6, 6.07) is 6.01. The Hall–Kier alpha value is -0.700. The minimum absolute atomic E-state index is 0.815. The molecule has 3 heteroatoms. The number of nitrogen functional groups attached to an aromatic ring is 1. The fraction of sp³-hybridized carbons (Fsp3) is 0.400. The zero-order valence-corrected chi connectivity index (χ0v) is 9.05. The molecule has 0 bridgehead atoms. The fourth-order valence-corrected chi connectivity index (χ4v) is 2.38. The third-order valence-corrected chi connectivity index (χ3v) is 3.05. The van der Waals surface area contributed by atoms with Crippen molar-refractivity contribution in [1.82, 2.24) is 0 Å². The highest BCUT2D eigenvalue weighted by Crippen LogP contribution is 2.30. The molecule has 0 unspecified atom stereocenters. The van der Waals surface area contributed by atoms with Crippen LogP contribution in [0.5, 0.6) is 0 Å². The molecule has 0 aliphatic carbocycles. The van der Waals surface area contributed by atoms with Crippen LogP contribution in [0, 0.1) is 0 Å². The first-order valence-electron chi connectivity index (χ1n) is 4.57. The number of nitrogens with zero attached hydrogens (tertiary/aromatic N) is 1. The van der Waals surface area contributed by atoms with Crippen molar-refractivity contribution >= 4 is 27.3 Å². The molecule has 1 saturated heterocycles. The van der Waals surface area contributed by atoms with Crippen LogP contribution >= 0.6 is 15.9 Å². The van der Waals surface area contributed by atoms with Crippen LogP contribution < -0.4 is 10.6 Å². The third kappa shape index (κ3) is 1.80. The average Bonchev–Trinajstić information content (AvgIpc) is 2.56. The predicted octanol–water partition coefficient (Wildman–Crippen LogP) is 2.63. The molecule has 0 aromatic heterocycles. The quantitative estimate of drug-likeness (QED) is 0.766. The van der Waals surface area contributed by atoms with Crippen LogP contribution in [-0.2, 0) is 0 Å². The minimum Gasteiger partial charge on any atom is -0.399 e. The average molecular weight is 241 g/mol. The molecule has 0 amide bonds. The second-order valence-corrected chi connectivity index (χ2v) is 4.26. The van der Waals surface area contributed by atoms with Gasteiger partial charge in [0.15, 0.2) is 0 Å². The van der Waals surface area contributed by atoms with E-state index >= 15 is 0 Å². The molecule has 0 spiro atoms. The Morgan fingerprint density at radius 1 is 1.23 bits per heavy atom. The van der Waals surface area contributed by atoms with E-state index in [1.165, 1.54) is 31.6 Å². The van der Waals surface area contributed by atoms with Crippen LogP contribution in [-0.4, -0.2) is 13.1 Å². The second-order valence-electron chi connectivity index (χ2n) is 3.41. The molecule has 1 aliphatic heterocycles. The van der Waals surface area contributed by atoms with E-state index in [9.17, 15) is 0 Å². The summed E-state index contributed by atoms with van der Waals surface area (Å²) >= 11 is 3.54. The van der Waals surface area contributed by atoms with Crippen LogP contribution in [0.1, 0.15) is 12.8 Å². The van der Waals surface area contributed by atoms with E-state index in [0.717, 1.165) is 10.2 Å². The summed E-state index contributed by atoms with van der Waals surface area (Å²) in [6.07, 6.45) is 2.60. The van der Waals surface area contributed by atoms with E-state index in [-0.39, 0.29) is 0 Å². The number of hydrogen-bond acceptors (Lipinski definition) is 2. The van der Waals surface area contributed by atoms with Crippen LogP contribution in [0.15, 0.2) is 22.7 Å². The van der Waals surface area contributed by atoms with Gasteiger partial charge in [-0.1, -0.05) is 0 Å². The van der Waals surface area contributed by atoms with Crippen molar-refractivity contribution in [2.45, 2.75) is 12.8 Å². The highest BCUT2D eigenvalue weighted by atomic mass is 79.9. The first-order chi connectivity index (χ1) is 6.27. The summed E-state index contributed by atoms with van der Waals surface area (Å²) in [5.74, 6) is 0. The zero-order chi connectivity index (χ0) is 9.26. The second kappa shape index (κ2) is 3.58. The Morgan fingerprint density at radius 3 is 2.54 bits per heavy atom. The van der Waals surface area contributed by atoms with E-state index in [1.54, 1.807) is 0 Å². The van der Waals surface area contributed by atoms with Crippen molar-refractivity contribution < 1.29 is 0 Å². The Labute approximate surface area is 86.9 Å². The van der Waals surface area contributed by atoms with Crippen LogP contribution in [0.4, 0.5) is 11.4 Å². The molecule has 2 rings (SSSR count). The van der Waals surface area contributed by atoms with Gasteiger partial charge in [0.05, 0.1) is 5.69 Å². The van der Waals surface area contributed by atoms with Gasteiger partial charge in [0.1, 0.15) is 0 Å². The molecule has 0 saturated carbocycles. The first-order valence-corrected chi connectivity index (χ1v) is 5.36. The normalized spacial score (nSPS) is 16.5. The zero-order valence-electron chi connectivity index (χ0n) is 7.46. The maximum atomic E-state index is 5.68. The first kappa shape index (κ1) is 8.88. The molecule has 2 N–H and O–H groups in total. The number of anilines is 2. The summed E-state index contributed by atoms with van der Waals surface area (Å²) in [4.78, 5) is 2.39. The van der Waals surface area contributed by atoms with Gasteiger partial charge < -0.3 is 10.6 Å². The molecular formula is C10H13BrN2. The van der Waals surface area contributed by atoms with E-state index in [2.05, 4.69) is 26.9 Å².